The molecule has 1 aromatic rings. The van der Waals surface area contributed by atoms with Crippen molar-refractivity contribution in [3.63, 3.8) is 0 Å². The van der Waals surface area contributed by atoms with Gasteiger partial charge in [0.25, 0.3) is 0 Å². The van der Waals surface area contributed by atoms with Crippen LogP contribution < -0.4 is 5.14 Å². The Balaban J connectivity index is 1.96. The lowest BCUT2D eigenvalue weighted by atomic mass is 9.81. The first-order valence-corrected chi connectivity index (χ1v) is 9.23. The molecule has 0 aliphatic carbocycles. The van der Waals surface area contributed by atoms with Gasteiger partial charge < -0.3 is 4.90 Å². The predicted octanol–water partition coefficient (Wildman–Crippen LogP) is 1.49. The number of rotatable bonds is 5. The molecule has 0 unspecified atom stereocenters. The molecule has 1 aromatic carbocycles. The van der Waals surface area contributed by atoms with E-state index in [1.807, 2.05) is 30.3 Å². The van der Waals surface area contributed by atoms with Crippen LogP contribution in [0.2, 0.25) is 0 Å². The highest BCUT2D eigenvalue weighted by Gasteiger charge is 2.32. The molecule has 1 amide bonds. The number of amides is 1. The largest absolute Gasteiger partial charge is 0.342 e. The fourth-order valence-corrected chi connectivity index (χ4v) is 3.93. The fourth-order valence-electron chi connectivity index (χ4n) is 3.01. The van der Waals surface area contributed by atoms with E-state index in [1.54, 1.807) is 4.90 Å². The molecule has 1 fully saturated rings. The zero-order valence-corrected chi connectivity index (χ0v) is 14.0. The second-order valence-corrected chi connectivity index (χ2v) is 8.41. The van der Waals surface area contributed by atoms with Gasteiger partial charge in [-0.3, -0.25) is 4.79 Å². The van der Waals surface area contributed by atoms with Gasteiger partial charge in [-0.15, -0.1) is 0 Å². The average Bonchev–Trinajstić information content (AvgIpc) is 2.85. The first-order chi connectivity index (χ1) is 10.2. The van der Waals surface area contributed by atoms with E-state index < -0.39 is 10.0 Å². The number of nitrogens with zero attached hydrogens (tertiary/aromatic N) is 1. The number of carbonyl (C=O) groups is 1. The zero-order valence-electron chi connectivity index (χ0n) is 13.2. The highest BCUT2D eigenvalue weighted by Crippen LogP contribution is 2.29. The maximum Gasteiger partial charge on any atom is 0.223 e. The van der Waals surface area contributed by atoms with E-state index in [0.717, 1.165) is 5.56 Å². The van der Waals surface area contributed by atoms with Crippen molar-refractivity contribution in [1.82, 2.24) is 4.90 Å². The van der Waals surface area contributed by atoms with Crippen LogP contribution in [0.5, 0.6) is 0 Å². The Morgan fingerprint density at radius 2 is 1.95 bits per heavy atom. The minimum Gasteiger partial charge on any atom is -0.342 e. The van der Waals surface area contributed by atoms with Gasteiger partial charge in [0.2, 0.25) is 15.9 Å². The van der Waals surface area contributed by atoms with Crippen LogP contribution in [-0.2, 0) is 20.2 Å². The molecule has 5 nitrogen and oxygen atoms in total. The summed E-state index contributed by atoms with van der Waals surface area (Å²) in [6, 6.07) is 9.96. The van der Waals surface area contributed by atoms with Crippen LogP contribution >= 0.6 is 0 Å². The van der Waals surface area contributed by atoms with Crippen molar-refractivity contribution in [2.45, 2.75) is 32.1 Å². The van der Waals surface area contributed by atoms with Gasteiger partial charge in [-0.1, -0.05) is 44.2 Å². The quantitative estimate of drug-likeness (QED) is 0.891. The third-order valence-corrected chi connectivity index (χ3v) is 5.19. The Hall–Kier alpha value is -1.40. The zero-order chi connectivity index (χ0) is 16.4. The predicted molar refractivity (Wildman–Crippen MR) is 86.7 cm³/mol. The summed E-state index contributed by atoms with van der Waals surface area (Å²) in [6.45, 7) is 5.21. The molecule has 2 rings (SSSR count). The molecule has 22 heavy (non-hydrogen) atoms. The lowest BCUT2D eigenvalue weighted by Crippen LogP contribution is -2.35. The topological polar surface area (TPSA) is 80.5 Å². The van der Waals surface area contributed by atoms with Crippen molar-refractivity contribution in [2.75, 3.05) is 18.8 Å². The Labute approximate surface area is 132 Å². The number of likely N-dealkylation sites (tertiary alicyclic amines) is 1. The Kier molecular flexibility index (Phi) is 4.92. The summed E-state index contributed by atoms with van der Waals surface area (Å²) < 4.78 is 22.3. The number of primary sulfonamides is 1. The van der Waals surface area contributed by atoms with Crippen LogP contribution in [0.1, 0.15) is 32.3 Å². The molecule has 6 heteroatoms. The highest BCUT2D eigenvalue weighted by molar-refractivity contribution is 7.89. The fraction of sp³-hybridized carbons (Fsp3) is 0.562. The number of hydrogen-bond donors (Lipinski definition) is 1. The van der Waals surface area contributed by atoms with Gasteiger partial charge in [-0.25, -0.2) is 13.6 Å². The van der Waals surface area contributed by atoms with E-state index >= 15 is 0 Å². The van der Waals surface area contributed by atoms with Crippen LogP contribution in [0, 0.1) is 5.92 Å². The molecule has 1 atom stereocenters. The van der Waals surface area contributed by atoms with Gasteiger partial charge in [-0.2, -0.15) is 0 Å². The van der Waals surface area contributed by atoms with Gasteiger partial charge in [0.05, 0.1) is 5.75 Å². The van der Waals surface area contributed by atoms with Crippen LogP contribution in [-0.4, -0.2) is 38.1 Å². The summed E-state index contributed by atoms with van der Waals surface area (Å²) in [5.74, 6) is -0.0108. The smallest absolute Gasteiger partial charge is 0.223 e. The van der Waals surface area contributed by atoms with Crippen molar-refractivity contribution in [2.24, 2.45) is 11.1 Å². The maximum absolute atomic E-state index is 12.5. The van der Waals surface area contributed by atoms with Crippen molar-refractivity contribution in [3.05, 3.63) is 35.9 Å². The van der Waals surface area contributed by atoms with Crippen molar-refractivity contribution >= 4 is 15.9 Å². The standard InChI is InChI=1S/C16H24N2O3S/c1-16(2,14-6-4-3-5-7-14)10-15(19)18-9-8-13(11-18)12-22(17,20)21/h3-7,13H,8-12H2,1-2H3,(H2,17,20,21)/t13-/m0/s1. The summed E-state index contributed by atoms with van der Waals surface area (Å²) in [6.07, 6.45) is 1.12. The van der Waals surface area contributed by atoms with E-state index in [4.69, 9.17) is 5.14 Å². The molecule has 122 valence electrons. The summed E-state index contributed by atoms with van der Waals surface area (Å²) in [5.41, 5.74) is 0.889. The number of nitrogens with two attached hydrogens (primary N) is 1. The SMILES string of the molecule is CC(C)(CC(=O)N1CC[C@H](CS(N)(=O)=O)C1)c1ccccc1. The van der Waals surface area contributed by atoms with Gasteiger partial charge in [0.15, 0.2) is 0 Å². The number of hydrogen-bond acceptors (Lipinski definition) is 3. The second kappa shape index (κ2) is 6.38. The molecule has 1 heterocycles. The maximum atomic E-state index is 12.5. The lowest BCUT2D eigenvalue weighted by Gasteiger charge is -2.27. The van der Waals surface area contributed by atoms with Crippen LogP contribution in [0.25, 0.3) is 0 Å². The molecule has 0 spiro atoms. The molecule has 1 saturated heterocycles. The molecule has 0 aromatic heterocycles. The first kappa shape index (κ1) is 17.0. The first-order valence-electron chi connectivity index (χ1n) is 7.51. The summed E-state index contributed by atoms with van der Waals surface area (Å²) >= 11 is 0. The van der Waals surface area contributed by atoms with Crippen molar-refractivity contribution < 1.29 is 13.2 Å². The summed E-state index contributed by atoms with van der Waals surface area (Å²) in [5, 5.41) is 5.08. The minimum atomic E-state index is -3.47. The number of sulfonamides is 1. The van der Waals surface area contributed by atoms with Gasteiger partial charge in [-0.05, 0) is 23.3 Å². The third kappa shape index (κ3) is 4.55. The molecule has 1 aliphatic rings. The monoisotopic (exact) mass is 324 g/mol. The molecular weight excluding hydrogens is 300 g/mol. The number of carbonyl (C=O) groups excluding carboxylic acids is 1. The Morgan fingerprint density at radius 1 is 1.32 bits per heavy atom. The van der Waals surface area contributed by atoms with Crippen molar-refractivity contribution in [1.29, 1.82) is 0 Å². The Bertz CT molecular complexity index is 626. The second-order valence-electron chi connectivity index (χ2n) is 6.75. The van der Waals surface area contributed by atoms with E-state index in [-0.39, 0.29) is 23.0 Å². The Morgan fingerprint density at radius 3 is 2.55 bits per heavy atom. The summed E-state index contributed by atoms with van der Waals surface area (Å²) in [4.78, 5) is 14.3. The van der Waals surface area contributed by atoms with E-state index in [1.165, 1.54) is 0 Å². The third-order valence-electron chi connectivity index (χ3n) is 4.25. The molecule has 0 bridgehead atoms. The molecule has 2 N–H and O–H groups in total. The van der Waals surface area contributed by atoms with Crippen LogP contribution in [0.4, 0.5) is 0 Å². The molecule has 1 aliphatic heterocycles. The van der Waals surface area contributed by atoms with E-state index in [0.29, 0.717) is 25.9 Å². The molecule has 0 radical (unpaired) electrons. The van der Waals surface area contributed by atoms with Crippen molar-refractivity contribution in [3.8, 4) is 0 Å². The summed E-state index contributed by atoms with van der Waals surface area (Å²) in [7, 11) is -3.47. The number of benzene rings is 1. The van der Waals surface area contributed by atoms with E-state index in [2.05, 4.69) is 13.8 Å². The van der Waals surface area contributed by atoms with E-state index in [9.17, 15) is 13.2 Å². The van der Waals surface area contributed by atoms with Gasteiger partial charge in [0.1, 0.15) is 0 Å². The van der Waals surface area contributed by atoms with Crippen LogP contribution in [0.15, 0.2) is 30.3 Å². The average molecular weight is 324 g/mol. The van der Waals surface area contributed by atoms with Gasteiger partial charge >= 0.3 is 0 Å². The lowest BCUT2D eigenvalue weighted by molar-refractivity contribution is -0.131. The normalized spacial score (nSPS) is 19.4. The van der Waals surface area contributed by atoms with Gasteiger partial charge in [0, 0.05) is 19.5 Å². The molecule has 0 saturated carbocycles. The minimum absolute atomic E-state index is 0.0428. The highest BCUT2D eigenvalue weighted by atomic mass is 32.2. The van der Waals surface area contributed by atoms with Crippen LogP contribution in [0.3, 0.4) is 0 Å². The molecular formula is C16H24N2O3S.